The van der Waals surface area contributed by atoms with Gasteiger partial charge in [0.05, 0.1) is 23.5 Å². The molecule has 1 saturated heterocycles. The molecular weight excluding hydrogens is 218 g/mol. The van der Waals surface area contributed by atoms with Crippen LogP contribution in [0.25, 0.3) is 0 Å². The van der Waals surface area contributed by atoms with Crippen LogP contribution in [-0.2, 0) is 19.4 Å². The quantitative estimate of drug-likeness (QED) is 0.676. The van der Waals surface area contributed by atoms with E-state index in [1.807, 2.05) is 0 Å². The van der Waals surface area contributed by atoms with E-state index in [0.29, 0.717) is 6.42 Å². The van der Waals surface area contributed by atoms with Crippen molar-refractivity contribution in [1.29, 1.82) is 0 Å². The molecule has 0 aromatic rings. The van der Waals surface area contributed by atoms with Crippen molar-refractivity contribution in [3.8, 4) is 0 Å². The third kappa shape index (κ3) is 3.62. The van der Waals surface area contributed by atoms with Crippen molar-refractivity contribution >= 4 is 21.5 Å². The summed E-state index contributed by atoms with van der Waals surface area (Å²) >= 11 is 0. The minimum Gasteiger partial charge on any atom is -0.350 e. The van der Waals surface area contributed by atoms with Gasteiger partial charge in [0.1, 0.15) is 5.78 Å². The highest BCUT2D eigenvalue weighted by Crippen LogP contribution is 2.22. The number of rotatable bonds is 3. The Hall–Kier alpha value is -0.910. The van der Waals surface area contributed by atoms with Crippen molar-refractivity contribution in [2.45, 2.75) is 32.2 Å². The largest absolute Gasteiger partial charge is 0.350 e. The number of sulfone groups is 1. The second-order valence-corrected chi connectivity index (χ2v) is 6.51. The van der Waals surface area contributed by atoms with E-state index < -0.39 is 21.3 Å². The van der Waals surface area contributed by atoms with Gasteiger partial charge in [-0.1, -0.05) is 0 Å². The molecule has 1 fully saturated rings. The van der Waals surface area contributed by atoms with E-state index >= 15 is 0 Å². The van der Waals surface area contributed by atoms with E-state index in [1.165, 1.54) is 6.92 Å². The zero-order valence-electron chi connectivity index (χ0n) is 8.87. The molecule has 1 amide bonds. The number of nitrogens with one attached hydrogen (secondary N) is 1. The van der Waals surface area contributed by atoms with Crippen LogP contribution in [-0.4, -0.2) is 37.2 Å². The topological polar surface area (TPSA) is 80.3 Å². The maximum Gasteiger partial charge on any atom is 0.227 e. The van der Waals surface area contributed by atoms with Crippen molar-refractivity contribution in [2.75, 3.05) is 11.5 Å². The van der Waals surface area contributed by atoms with Gasteiger partial charge in [0.2, 0.25) is 5.91 Å². The molecule has 1 unspecified atom stereocenters. The Morgan fingerprint density at radius 1 is 1.40 bits per heavy atom. The van der Waals surface area contributed by atoms with E-state index in [4.69, 9.17) is 0 Å². The molecule has 1 atom stereocenters. The Balaban J connectivity index is 2.59. The Labute approximate surface area is 89.2 Å². The molecule has 0 aliphatic carbocycles. The van der Waals surface area contributed by atoms with Crippen LogP contribution in [0.15, 0.2) is 0 Å². The molecule has 1 heterocycles. The molecule has 15 heavy (non-hydrogen) atoms. The molecule has 5 nitrogen and oxygen atoms in total. The van der Waals surface area contributed by atoms with Crippen LogP contribution in [0.4, 0.5) is 0 Å². The predicted molar refractivity (Wildman–Crippen MR) is 55.1 cm³/mol. The van der Waals surface area contributed by atoms with Crippen LogP contribution >= 0.6 is 0 Å². The van der Waals surface area contributed by atoms with Crippen LogP contribution < -0.4 is 5.32 Å². The summed E-state index contributed by atoms with van der Waals surface area (Å²) in [7, 11) is -3.03. The number of hydrogen-bond donors (Lipinski definition) is 1. The summed E-state index contributed by atoms with van der Waals surface area (Å²) in [6.45, 7) is 3.02. The van der Waals surface area contributed by atoms with Crippen LogP contribution in [0.5, 0.6) is 0 Å². The lowest BCUT2D eigenvalue weighted by Gasteiger charge is -2.23. The van der Waals surface area contributed by atoms with Gasteiger partial charge >= 0.3 is 0 Å². The van der Waals surface area contributed by atoms with E-state index in [-0.39, 0.29) is 23.7 Å². The maximum absolute atomic E-state index is 11.3. The van der Waals surface area contributed by atoms with Gasteiger partial charge in [-0.3, -0.25) is 9.59 Å². The summed E-state index contributed by atoms with van der Waals surface area (Å²) in [4.78, 5) is 22.0. The van der Waals surface area contributed by atoms with Crippen LogP contribution in [0.2, 0.25) is 0 Å². The zero-order chi connectivity index (χ0) is 11.7. The fourth-order valence-electron chi connectivity index (χ4n) is 1.72. The molecule has 0 saturated carbocycles. The monoisotopic (exact) mass is 233 g/mol. The maximum atomic E-state index is 11.3. The average molecular weight is 233 g/mol. The van der Waals surface area contributed by atoms with Crippen molar-refractivity contribution in [3.63, 3.8) is 0 Å². The summed E-state index contributed by atoms with van der Waals surface area (Å²) in [5.74, 6) is -0.563. The van der Waals surface area contributed by atoms with Gasteiger partial charge in [0.15, 0.2) is 9.84 Å². The molecule has 0 spiro atoms. The highest BCUT2D eigenvalue weighted by atomic mass is 32.2. The van der Waals surface area contributed by atoms with E-state index in [9.17, 15) is 18.0 Å². The Bertz CT molecular complexity index is 387. The first kappa shape index (κ1) is 12.2. The van der Waals surface area contributed by atoms with Gasteiger partial charge in [0, 0.05) is 0 Å². The third-order valence-electron chi connectivity index (χ3n) is 2.35. The first-order valence-corrected chi connectivity index (χ1v) is 6.55. The van der Waals surface area contributed by atoms with Gasteiger partial charge in [-0.2, -0.15) is 0 Å². The smallest absolute Gasteiger partial charge is 0.227 e. The summed E-state index contributed by atoms with van der Waals surface area (Å²) in [6, 6.07) is 0. The number of ketones is 1. The van der Waals surface area contributed by atoms with Crippen LogP contribution in [0, 0.1) is 0 Å². The molecule has 6 heteroatoms. The van der Waals surface area contributed by atoms with Crippen molar-refractivity contribution in [3.05, 3.63) is 0 Å². The van der Waals surface area contributed by atoms with Crippen molar-refractivity contribution in [1.82, 2.24) is 5.32 Å². The summed E-state index contributed by atoms with van der Waals surface area (Å²) < 4.78 is 22.5. The molecule has 1 aliphatic heterocycles. The molecular formula is C9H15NO4S. The standard InChI is InChI=1S/C9H15NO4S/c1-7(11)5-8(12)10-9(2)3-4-15(13,14)6-9/h3-6H2,1-2H3,(H,10,12). The highest BCUT2D eigenvalue weighted by molar-refractivity contribution is 7.91. The molecule has 1 rings (SSSR count). The third-order valence-corrected chi connectivity index (χ3v) is 4.26. The fourth-order valence-corrected chi connectivity index (χ4v) is 3.81. The fraction of sp³-hybridized carbons (Fsp3) is 0.778. The van der Waals surface area contributed by atoms with Crippen molar-refractivity contribution < 1.29 is 18.0 Å². The number of carbonyl (C=O) groups excluding carboxylic acids is 2. The number of hydrogen-bond acceptors (Lipinski definition) is 4. The molecule has 0 aromatic carbocycles. The van der Waals surface area contributed by atoms with Gasteiger partial charge in [-0.05, 0) is 20.3 Å². The summed E-state index contributed by atoms with van der Waals surface area (Å²) in [5, 5.41) is 2.60. The second kappa shape index (κ2) is 3.92. The van der Waals surface area contributed by atoms with Gasteiger partial charge < -0.3 is 5.32 Å². The molecule has 1 aliphatic rings. The first-order valence-electron chi connectivity index (χ1n) is 4.73. The molecule has 0 radical (unpaired) electrons. The predicted octanol–water partition coefficient (Wildman–Crippen LogP) is -0.341. The minimum absolute atomic E-state index is 0.0381. The normalized spacial score (nSPS) is 28.7. The lowest BCUT2D eigenvalue weighted by Crippen LogP contribution is -2.47. The number of amides is 1. The van der Waals surface area contributed by atoms with Gasteiger partial charge in [-0.25, -0.2) is 8.42 Å². The molecule has 0 aromatic heterocycles. The van der Waals surface area contributed by atoms with Crippen LogP contribution in [0.1, 0.15) is 26.7 Å². The first-order chi connectivity index (χ1) is 6.72. The number of carbonyl (C=O) groups is 2. The lowest BCUT2D eigenvalue weighted by molar-refractivity contribution is -0.128. The van der Waals surface area contributed by atoms with Crippen molar-refractivity contribution in [2.24, 2.45) is 0 Å². The minimum atomic E-state index is -3.03. The summed E-state index contributed by atoms with van der Waals surface area (Å²) in [5.41, 5.74) is -0.703. The Morgan fingerprint density at radius 2 is 2.00 bits per heavy atom. The van der Waals surface area contributed by atoms with Gasteiger partial charge in [0.25, 0.3) is 0 Å². The number of Topliss-reactive ketones (excluding diaryl/α,β-unsaturated/α-hetero) is 1. The highest BCUT2D eigenvalue weighted by Gasteiger charge is 2.39. The van der Waals surface area contributed by atoms with Crippen LogP contribution in [0.3, 0.4) is 0 Å². The van der Waals surface area contributed by atoms with E-state index in [2.05, 4.69) is 5.32 Å². The van der Waals surface area contributed by atoms with E-state index in [1.54, 1.807) is 6.92 Å². The Morgan fingerprint density at radius 3 is 2.40 bits per heavy atom. The molecule has 1 N–H and O–H groups in total. The lowest BCUT2D eigenvalue weighted by atomic mass is 10.0. The average Bonchev–Trinajstić information content (AvgIpc) is 2.22. The Kier molecular flexibility index (Phi) is 3.18. The van der Waals surface area contributed by atoms with E-state index in [0.717, 1.165) is 0 Å². The van der Waals surface area contributed by atoms with Gasteiger partial charge in [-0.15, -0.1) is 0 Å². The second-order valence-electron chi connectivity index (χ2n) is 4.33. The molecule has 0 bridgehead atoms. The molecule has 86 valence electrons. The SMILES string of the molecule is CC(=O)CC(=O)NC1(C)CCS(=O)(=O)C1. The summed E-state index contributed by atoms with van der Waals surface area (Å²) in [6.07, 6.45) is 0.231. The zero-order valence-corrected chi connectivity index (χ0v) is 9.69.